The molecule has 0 aromatic carbocycles. The van der Waals surface area contributed by atoms with Gasteiger partial charge in [0.05, 0.1) is 12.8 Å². The zero-order chi connectivity index (χ0) is 12.1. The average molecular weight is 223 g/mol. The number of rotatable bonds is 2. The van der Waals surface area contributed by atoms with Gasteiger partial charge in [0.15, 0.2) is 5.96 Å². The van der Waals surface area contributed by atoms with E-state index in [-0.39, 0.29) is 5.96 Å². The van der Waals surface area contributed by atoms with E-state index in [1.165, 1.54) is 0 Å². The number of nitrogens with zero attached hydrogens (tertiary/aromatic N) is 3. The lowest BCUT2D eigenvalue weighted by atomic mass is 10.3. The summed E-state index contributed by atoms with van der Waals surface area (Å²) < 4.78 is 5.14. The van der Waals surface area contributed by atoms with Crippen molar-refractivity contribution in [3.8, 4) is 0 Å². The van der Waals surface area contributed by atoms with E-state index in [1.807, 2.05) is 13.0 Å². The van der Waals surface area contributed by atoms with E-state index in [9.17, 15) is 0 Å². The van der Waals surface area contributed by atoms with Gasteiger partial charge < -0.3 is 20.8 Å². The minimum atomic E-state index is 0.157. The molecule has 1 heterocycles. The van der Waals surface area contributed by atoms with Gasteiger partial charge in [-0.2, -0.15) is 4.99 Å². The Labute approximate surface area is 94.6 Å². The van der Waals surface area contributed by atoms with Crippen LogP contribution in [0.3, 0.4) is 0 Å². The average Bonchev–Trinajstić information content (AvgIpc) is 2.61. The van der Waals surface area contributed by atoms with E-state index in [2.05, 4.69) is 9.98 Å². The Hall–Kier alpha value is -1.98. The molecule has 1 aromatic rings. The van der Waals surface area contributed by atoms with Gasteiger partial charge in [-0.1, -0.05) is 0 Å². The zero-order valence-corrected chi connectivity index (χ0v) is 9.77. The normalized spacial score (nSPS) is 12.9. The number of aliphatic imine (C=N–C) groups is 2. The summed E-state index contributed by atoms with van der Waals surface area (Å²) in [5, 5.41) is 0. The minimum Gasteiger partial charge on any atom is -0.469 e. The SMILES string of the molecule is Cc1cc(CN=C(N)/N=C(\N)N(C)C)co1. The van der Waals surface area contributed by atoms with Crippen molar-refractivity contribution in [3.05, 3.63) is 23.7 Å². The van der Waals surface area contributed by atoms with Gasteiger partial charge in [0, 0.05) is 19.7 Å². The fraction of sp³-hybridized carbons (Fsp3) is 0.400. The maximum Gasteiger partial charge on any atom is 0.218 e. The van der Waals surface area contributed by atoms with Gasteiger partial charge in [-0.25, -0.2) is 4.99 Å². The summed E-state index contributed by atoms with van der Waals surface area (Å²) in [6, 6.07) is 1.90. The molecule has 16 heavy (non-hydrogen) atoms. The van der Waals surface area contributed by atoms with Gasteiger partial charge >= 0.3 is 0 Å². The fourth-order valence-electron chi connectivity index (χ4n) is 1.01. The van der Waals surface area contributed by atoms with Crippen LogP contribution in [-0.2, 0) is 6.54 Å². The van der Waals surface area contributed by atoms with Crippen molar-refractivity contribution in [2.75, 3.05) is 14.1 Å². The van der Waals surface area contributed by atoms with E-state index >= 15 is 0 Å². The molecule has 0 spiro atoms. The Morgan fingerprint density at radius 2 is 2.12 bits per heavy atom. The standard InChI is InChI=1S/C10H17N5O/c1-7-4-8(6-16-7)5-13-9(11)14-10(12)15(2)3/h4,6H,5H2,1-3H3,(H4,11,12,13,14). The Morgan fingerprint density at radius 3 is 2.62 bits per heavy atom. The number of hydrogen-bond acceptors (Lipinski definition) is 2. The summed E-state index contributed by atoms with van der Waals surface area (Å²) in [7, 11) is 3.57. The van der Waals surface area contributed by atoms with Crippen LogP contribution < -0.4 is 11.5 Å². The Bertz CT molecular complexity index is 405. The molecule has 1 aromatic heterocycles. The number of aryl methyl sites for hydroxylation is 1. The quantitative estimate of drug-likeness (QED) is 0.556. The molecule has 0 fully saturated rings. The molecular weight excluding hydrogens is 206 g/mol. The number of hydrogen-bond donors (Lipinski definition) is 2. The highest BCUT2D eigenvalue weighted by Gasteiger charge is 1.98. The first-order chi connectivity index (χ1) is 7.49. The number of guanidine groups is 2. The molecule has 0 unspecified atom stereocenters. The molecule has 6 nitrogen and oxygen atoms in total. The molecule has 0 aliphatic carbocycles. The van der Waals surface area contributed by atoms with Gasteiger partial charge in [-0.05, 0) is 13.0 Å². The van der Waals surface area contributed by atoms with Gasteiger partial charge in [-0.3, -0.25) is 0 Å². The molecule has 0 atom stereocenters. The third-order valence-corrected chi connectivity index (χ3v) is 1.90. The highest BCUT2D eigenvalue weighted by Crippen LogP contribution is 2.06. The van der Waals surface area contributed by atoms with Crippen LogP contribution >= 0.6 is 0 Å². The third kappa shape index (κ3) is 3.64. The predicted molar refractivity (Wildman–Crippen MR) is 64.1 cm³/mol. The summed E-state index contributed by atoms with van der Waals surface area (Å²) in [6.07, 6.45) is 1.64. The van der Waals surface area contributed by atoms with Crippen LogP contribution in [0.5, 0.6) is 0 Å². The van der Waals surface area contributed by atoms with Crippen LogP contribution in [0.1, 0.15) is 11.3 Å². The lowest BCUT2D eigenvalue weighted by Crippen LogP contribution is -2.32. The third-order valence-electron chi connectivity index (χ3n) is 1.90. The predicted octanol–water partition coefficient (Wildman–Crippen LogP) is 0.279. The first kappa shape index (κ1) is 12.1. The molecule has 1 rings (SSSR count). The van der Waals surface area contributed by atoms with E-state index in [0.717, 1.165) is 11.3 Å². The van der Waals surface area contributed by atoms with Crippen molar-refractivity contribution in [1.82, 2.24) is 4.90 Å². The van der Waals surface area contributed by atoms with Crippen LogP contribution in [0.25, 0.3) is 0 Å². The summed E-state index contributed by atoms with van der Waals surface area (Å²) in [5.41, 5.74) is 12.1. The van der Waals surface area contributed by atoms with Crippen molar-refractivity contribution in [2.45, 2.75) is 13.5 Å². The molecule has 0 aliphatic heterocycles. The Morgan fingerprint density at radius 1 is 1.44 bits per heavy atom. The van der Waals surface area contributed by atoms with Crippen LogP contribution in [0.4, 0.5) is 0 Å². The summed E-state index contributed by atoms with van der Waals surface area (Å²) >= 11 is 0. The van der Waals surface area contributed by atoms with Crippen molar-refractivity contribution in [2.24, 2.45) is 21.5 Å². The fourth-order valence-corrected chi connectivity index (χ4v) is 1.01. The number of nitrogens with two attached hydrogens (primary N) is 2. The minimum absolute atomic E-state index is 0.157. The van der Waals surface area contributed by atoms with Crippen molar-refractivity contribution >= 4 is 11.9 Å². The van der Waals surface area contributed by atoms with Gasteiger partial charge in [0.25, 0.3) is 0 Å². The van der Waals surface area contributed by atoms with Crippen molar-refractivity contribution in [1.29, 1.82) is 0 Å². The molecule has 88 valence electrons. The lowest BCUT2D eigenvalue weighted by molar-refractivity contribution is 0.532. The first-order valence-electron chi connectivity index (χ1n) is 4.84. The largest absolute Gasteiger partial charge is 0.469 e. The van der Waals surface area contributed by atoms with E-state index in [1.54, 1.807) is 25.3 Å². The molecular formula is C10H17N5O. The molecule has 6 heteroatoms. The number of furan rings is 1. The maximum absolute atomic E-state index is 5.59. The van der Waals surface area contributed by atoms with E-state index in [4.69, 9.17) is 15.9 Å². The van der Waals surface area contributed by atoms with Crippen LogP contribution in [0.15, 0.2) is 26.7 Å². The maximum atomic E-state index is 5.59. The highest BCUT2D eigenvalue weighted by atomic mass is 16.3. The lowest BCUT2D eigenvalue weighted by Gasteiger charge is -2.09. The Balaban J connectivity index is 2.61. The second-order valence-electron chi connectivity index (χ2n) is 3.60. The second kappa shape index (κ2) is 5.20. The molecule has 0 aliphatic rings. The van der Waals surface area contributed by atoms with Gasteiger partial charge in [0.2, 0.25) is 5.96 Å². The monoisotopic (exact) mass is 223 g/mol. The molecule has 0 radical (unpaired) electrons. The molecule has 0 amide bonds. The Kier molecular flexibility index (Phi) is 3.93. The van der Waals surface area contributed by atoms with Gasteiger partial charge in [-0.15, -0.1) is 0 Å². The van der Waals surface area contributed by atoms with E-state index < -0.39 is 0 Å². The molecule has 4 N–H and O–H groups in total. The summed E-state index contributed by atoms with van der Waals surface area (Å²) in [6.45, 7) is 2.31. The molecule has 0 saturated heterocycles. The van der Waals surface area contributed by atoms with Crippen LogP contribution in [-0.4, -0.2) is 30.9 Å². The summed E-state index contributed by atoms with van der Waals surface area (Å²) in [4.78, 5) is 9.64. The van der Waals surface area contributed by atoms with Gasteiger partial charge in [0.1, 0.15) is 5.76 Å². The van der Waals surface area contributed by atoms with Crippen LogP contribution in [0.2, 0.25) is 0 Å². The van der Waals surface area contributed by atoms with Crippen molar-refractivity contribution in [3.63, 3.8) is 0 Å². The molecule has 0 saturated carbocycles. The zero-order valence-electron chi connectivity index (χ0n) is 9.77. The second-order valence-corrected chi connectivity index (χ2v) is 3.60. The van der Waals surface area contributed by atoms with Crippen LogP contribution in [0, 0.1) is 6.92 Å². The first-order valence-corrected chi connectivity index (χ1v) is 4.84. The molecule has 0 bridgehead atoms. The topological polar surface area (TPSA) is 93.1 Å². The summed E-state index contributed by atoms with van der Waals surface area (Å²) in [5.74, 6) is 1.33. The smallest absolute Gasteiger partial charge is 0.218 e. The highest BCUT2D eigenvalue weighted by molar-refractivity contribution is 5.93. The van der Waals surface area contributed by atoms with E-state index in [0.29, 0.717) is 12.5 Å². The van der Waals surface area contributed by atoms with Crippen molar-refractivity contribution < 1.29 is 4.42 Å².